The van der Waals surface area contributed by atoms with E-state index < -0.39 is 0 Å². The lowest BCUT2D eigenvalue weighted by Gasteiger charge is -2.27. The van der Waals surface area contributed by atoms with Crippen LogP contribution in [0.4, 0.5) is 5.69 Å². The second-order valence-corrected chi connectivity index (χ2v) is 23.5. The normalized spacial score (nSPS) is 11.9. The summed E-state index contributed by atoms with van der Waals surface area (Å²) in [7, 11) is 0. The second-order valence-electron chi connectivity index (χ2n) is 22.4. The van der Waals surface area contributed by atoms with Gasteiger partial charge < -0.3 is 18.3 Å². The Labute approximate surface area is 503 Å². The van der Waals surface area contributed by atoms with Crippen molar-refractivity contribution in [2.24, 2.45) is 0 Å². The van der Waals surface area contributed by atoms with Crippen LogP contribution in [0.15, 0.2) is 279 Å². The molecule has 0 aliphatic rings. The zero-order chi connectivity index (χ0) is 57.4. The average molecular weight is 1120 g/mol. The summed E-state index contributed by atoms with van der Waals surface area (Å²) in [6, 6.07) is 102. The predicted octanol–water partition coefficient (Wildman–Crippen LogP) is 21.9. The lowest BCUT2D eigenvalue weighted by Crippen LogP contribution is -2.14. The lowest BCUT2D eigenvalue weighted by molar-refractivity contribution is 1.03. The molecule has 0 atom stereocenters. The highest BCUT2D eigenvalue weighted by atomic mass is 32.1. The molecule has 7 heteroatoms. The van der Waals surface area contributed by atoms with Crippen LogP contribution in [0.2, 0.25) is 0 Å². The third-order valence-electron chi connectivity index (χ3n) is 18.0. The molecular weight excluding hydrogens is 1080 g/mol. The molecule has 402 valence electrons. The minimum Gasteiger partial charge on any atom is -0.318 e. The Morgan fingerprint density at radius 3 is 1.22 bits per heavy atom. The van der Waals surface area contributed by atoms with Crippen LogP contribution in [0, 0.1) is 17.9 Å². The number of nitrogens with zero attached hydrogens (tertiary/aromatic N) is 6. The van der Waals surface area contributed by atoms with E-state index in [2.05, 4.69) is 303 Å². The number of hydrogen-bond acceptors (Lipinski definition) is 2. The molecule has 0 radical (unpaired) electrons. The number of rotatable bonds is 7. The summed E-state index contributed by atoms with van der Waals surface area (Å²) in [6.45, 7) is 9.97. The summed E-state index contributed by atoms with van der Waals surface area (Å²) in [5, 5.41) is 23.5. The Morgan fingerprint density at radius 1 is 0.322 bits per heavy atom. The van der Waals surface area contributed by atoms with Gasteiger partial charge in [0.15, 0.2) is 0 Å². The van der Waals surface area contributed by atoms with Crippen LogP contribution < -0.4 is 0 Å². The first-order valence-electron chi connectivity index (χ1n) is 29.3. The summed E-state index contributed by atoms with van der Waals surface area (Å²) in [6.07, 6.45) is 0. The van der Waals surface area contributed by atoms with Crippen LogP contribution >= 0.6 is 11.3 Å². The molecule has 0 aliphatic carbocycles. The predicted molar refractivity (Wildman–Crippen MR) is 364 cm³/mol. The Morgan fingerprint density at radius 2 is 0.736 bits per heavy atom. The number of para-hydroxylation sites is 6. The molecule has 0 spiro atoms. The smallest absolute Gasteiger partial charge is 0.237 e. The van der Waals surface area contributed by atoms with E-state index >= 15 is 0 Å². The third-order valence-corrected chi connectivity index (χ3v) is 19.2. The molecule has 87 heavy (non-hydrogen) atoms. The molecule has 0 bridgehead atoms. The third kappa shape index (κ3) is 6.89. The SMILES string of the molecule is [C-]#[N+]c1c(-n2c3ccccc3c3ccccc32)c(C#N)c(-n2c3ccccc3c3ccccc32)c(-n2c3ccc(-c4c(-c5ccccc5)cccc4-c4ccccc4)cc3c3ccc4c5ccccc5sc4c32)c1-n1c2ccccc2c2ccccc21. The van der Waals surface area contributed by atoms with Gasteiger partial charge in [-0.05, 0) is 88.0 Å². The van der Waals surface area contributed by atoms with Crippen LogP contribution in [0.5, 0.6) is 0 Å². The van der Waals surface area contributed by atoms with E-state index in [4.69, 9.17) is 4.85 Å². The number of fused-ring (bicyclic) bond motifs is 16. The number of nitriles is 1. The van der Waals surface area contributed by atoms with Crippen molar-refractivity contribution < 1.29 is 0 Å². The summed E-state index contributed by atoms with van der Waals surface area (Å²) in [4.78, 5) is 4.86. The van der Waals surface area contributed by atoms with E-state index in [0.717, 1.165) is 131 Å². The maximum absolute atomic E-state index is 12.8. The molecule has 5 aromatic heterocycles. The Bertz CT molecular complexity index is 5660. The largest absolute Gasteiger partial charge is 0.318 e. The van der Waals surface area contributed by atoms with Gasteiger partial charge in [0.05, 0.1) is 83.7 Å². The van der Waals surface area contributed by atoms with E-state index in [0.29, 0.717) is 34.0 Å². The van der Waals surface area contributed by atoms with E-state index in [-0.39, 0.29) is 0 Å². The fraction of sp³-hybridized carbons (Fsp3) is 0. The van der Waals surface area contributed by atoms with Crippen LogP contribution in [0.25, 0.3) is 168 Å². The van der Waals surface area contributed by atoms with E-state index in [1.165, 1.54) is 10.1 Å². The second kappa shape index (κ2) is 18.9. The Kier molecular flexibility index (Phi) is 10.6. The number of hydrogen-bond donors (Lipinski definition) is 0. The van der Waals surface area contributed by atoms with Gasteiger partial charge in [0, 0.05) is 58.6 Å². The zero-order valence-corrected chi connectivity index (χ0v) is 47.5. The number of aromatic nitrogens is 4. The van der Waals surface area contributed by atoms with Crippen molar-refractivity contribution >= 4 is 124 Å². The molecule has 18 rings (SSSR count). The van der Waals surface area contributed by atoms with Gasteiger partial charge in [-0.1, -0.05) is 224 Å². The summed E-state index contributed by atoms with van der Waals surface area (Å²) >= 11 is 1.79. The van der Waals surface area contributed by atoms with Crippen molar-refractivity contribution in [1.82, 2.24) is 18.3 Å². The maximum atomic E-state index is 12.8. The lowest BCUT2D eigenvalue weighted by atomic mass is 9.87. The fourth-order valence-corrected chi connectivity index (χ4v) is 15.7. The monoisotopic (exact) mass is 1120 g/mol. The topological polar surface area (TPSA) is 47.9 Å². The van der Waals surface area contributed by atoms with Gasteiger partial charge in [0.25, 0.3) is 0 Å². The molecule has 18 aromatic rings. The quantitative estimate of drug-likeness (QED) is 0.147. The Hall–Kier alpha value is -11.7. The van der Waals surface area contributed by atoms with Crippen LogP contribution in [-0.4, -0.2) is 18.3 Å². The number of thiophene rings is 1. The van der Waals surface area contributed by atoms with Crippen molar-refractivity contribution in [3.05, 3.63) is 296 Å². The van der Waals surface area contributed by atoms with Crippen LogP contribution in [0.1, 0.15) is 5.56 Å². The standard InChI is InChI=1S/C80H46N6S/c1-82-74-75(83-65-36-15-8-27-54(65)55-28-9-16-37-66(55)83)64(48-81)76(84-67-38-17-10-29-56(67)57-30-11-18-39-68(57)84)79(78(74)85-69-40-19-12-31-58(69)59-32-13-20-41-70(59)85)86-71-46-43-51(47-63(71)61-44-45-62-60-33-14-21-42-72(60)87-80(62)77(61)86)73-52(49-23-4-2-5-24-49)34-22-35-53(73)50-25-6-3-7-26-50/h2-47H. The molecule has 0 saturated carbocycles. The van der Waals surface area contributed by atoms with Gasteiger partial charge in [-0.3, -0.25) is 0 Å². The van der Waals surface area contributed by atoms with Gasteiger partial charge in [0.2, 0.25) is 5.69 Å². The molecular formula is C80H46N6S. The summed E-state index contributed by atoms with van der Waals surface area (Å²) < 4.78 is 11.6. The highest BCUT2D eigenvalue weighted by molar-refractivity contribution is 7.26. The average Bonchev–Trinajstić information content (AvgIpc) is 1.60. The van der Waals surface area contributed by atoms with Crippen molar-refractivity contribution in [1.29, 1.82) is 5.26 Å². The van der Waals surface area contributed by atoms with Crippen molar-refractivity contribution in [2.75, 3.05) is 0 Å². The van der Waals surface area contributed by atoms with Crippen molar-refractivity contribution in [3.63, 3.8) is 0 Å². The van der Waals surface area contributed by atoms with Crippen LogP contribution in [0.3, 0.4) is 0 Å². The summed E-state index contributed by atoms with van der Waals surface area (Å²) in [5.74, 6) is 0. The molecule has 13 aromatic carbocycles. The number of benzene rings is 13. The van der Waals surface area contributed by atoms with E-state index in [9.17, 15) is 11.8 Å². The molecule has 0 unspecified atom stereocenters. The first-order valence-corrected chi connectivity index (χ1v) is 30.1. The minimum absolute atomic E-state index is 0.350. The minimum atomic E-state index is 0.350. The van der Waals surface area contributed by atoms with Gasteiger partial charge >= 0.3 is 0 Å². The first kappa shape index (κ1) is 48.8. The highest BCUT2D eigenvalue weighted by Gasteiger charge is 2.35. The molecule has 0 N–H and O–H groups in total. The fourth-order valence-electron chi connectivity index (χ4n) is 14.5. The Balaban J connectivity index is 1.12. The van der Waals surface area contributed by atoms with Gasteiger partial charge in [-0.2, -0.15) is 5.26 Å². The van der Waals surface area contributed by atoms with Crippen LogP contribution in [-0.2, 0) is 0 Å². The zero-order valence-electron chi connectivity index (χ0n) is 46.6. The van der Waals surface area contributed by atoms with Gasteiger partial charge in [0.1, 0.15) is 6.07 Å². The molecule has 0 saturated heterocycles. The van der Waals surface area contributed by atoms with Gasteiger partial charge in [-0.25, -0.2) is 4.85 Å². The maximum Gasteiger partial charge on any atom is 0.237 e. The van der Waals surface area contributed by atoms with E-state index in [1.807, 2.05) is 0 Å². The van der Waals surface area contributed by atoms with Crippen molar-refractivity contribution in [3.8, 4) is 62.2 Å². The first-order chi connectivity index (χ1) is 43.2. The molecule has 6 nitrogen and oxygen atoms in total. The van der Waals surface area contributed by atoms with Crippen molar-refractivity contribution in [2.45, 2.75) is 0 Å². The molecule has 0 amide bonds. The van der Waals surface area contributed by atoms with E-state index in [1.54, 1.807) is 11.3 Å². The summed E-state index contributed by atoms with van der Waals surface area (Å²) in [5.41, 5.74) is 17.5. The molecule has 5 heterocycles. The van der Waals surface area contributed by atoms with Gasteiger partial charge in [-0.15, -0.1) is 11.3 Å². The highest BCUT2D eigenvalue weighted by Crippen LogP contribution is 2.54. The molecule has 0 aliphatic heterocycles. The molecule has 0 fully saturated rings.